The third kappa shape index (κ3) is 5.00. The van der Waals surface area contributed by atoms with E-state index in [1.165, 1.54) is 43.5 Å². The minimum atomic E-state index is -4.09. The number of amides is 1. The summed E-state index contributed by atoms with van der Waals surface area (Å²) < 4.78 is 33.1. The standard InChI is InChI=1S/C23H21N3O6S2/c1-32-21-11-8-16(26(28)29)14-20(21)25-34(30,31)17-9-6-15(7-10-17)23(27)24-19-12-13-33-22-5-3-2-4-18(19)22/h2-11,14,19,25H,12-13H2,1H3,(H,24,27). The molecule has 3 aromatic carbocycles. The third-order valence-corrected chi connectivity index (χ3v) is 7.83. The predicted octanol–water partition coefficient (Wildman–Crippen LogP) is 4.37. The number of carbonyl (C=O) groups excluding carboxylic acids is 1. The lowest BCUT2D eigenvalue weighted by molar-refractivity contribution is -0.384. The lowest BCUT2D eigenvalue weighted by Gasteiger charge is -2.25. The summed E-state index contributed by atoms with van der Waals surface area (Å²) in [6.45, 7) is 0. The number of rotatable bonds is 7. The summed E-state index contributed by atoms with van der Waals surface area (Å²) in [5.41, 5.74) is 1.05. The summed E-state index contributed by atoms with van der Waals surface area (Å²) in [6, 6.07) is 16.9. The molecule has 176 valence electrons. The smallest absolute Gasteiger partial charge is 0.271 e. The zero-order chi connectivity index (χ0) is 24.3. The number of hydrogen-bond acceptors (Lipinski definition) is 7. The van der Waals surface area contributed by atoms with Crippen LogP contribution in [0, 0.1) is 10.1 Å². The normalized spacial score (nSPS) is 15.1. The van der Waals surface area contributed by atoms with Crippen molar-refractivity contribution in [3.05, 3.63) is 88.0 Å². The van der Waals surface area contributed by atoms with Crippen LogP contribution in [0.4, 0.5) is 11.4 Å². The van der Waals surface area contributed by atoms with Crippen molar-refractivity contribution in [2.24, 2.45) is 0 Å². The highest BCUT2D eigenvalue weighted by Crippen LogP contribution is 2.36. The monoisotopic (exact) mass is 499 g/mol. The number of anilines is 1. The summed E-state index contributed by atoms with van der Waals surface area (Å²) in [5.74, 6) is 0.728. The summed E-state index contributed by atoms with van der Waals surface area (Å²) in [6.07, 6.45) is 0.800. The van der Waals surface area contributed by atoms with Crippen LogP contribution in [0.1, 0.15) is 28.4 Å². The van der Waals surface area contributed by atoms with Gasteiger partial charge in [0.1, 0.15) is 5.75 Å². The molecule has 9 nitrogen and oxygen atoms in total. The van der Waals surface area contributed by atoms with Gasteiger partial charge in [-0.25, -0.2) is 8.42 Å². The van der Waals surface area contributed by atoms with Crippen LogP contribution in [0.3, 0.4) is 0 Å². The molecule has 0 bridgehead atoms. The highest BCUT2D eigenvalue weighted by Gasteiger charge is 2.23. The SMILES string of the molecule is COc1ccc([N+](=O)[O-])cc1NS(=O)(=O)c1ccc(C(=O)NC2CCSc3ccccc32)cc1. The number of benzene rings is 3. The van der Waals surface area contributed by atoms with E-state index in [-0.39, 0.29) is 34.0 Å². The number of hydrogen-bond donors (Lipinski definition) is 2. The molecule has 1 aliphatic rings. The van der Waals surface area contributed by atoms with Gasteiger partial charge in [0.15, 0.2) is 0 Å². The van der Waals surface area contributed by atoms with Gasteiger partial charge in [-0.15, -0.1) is 11.8 Å². The number of non-ortho nitro benzene ring substituents is 1. The Morgan fingerprint density at radius 3 is 2.56 bits per heavy atom. The molecule has 1 aliphatic heterocycles. The molecule has 2 N–H and O–H groups in total. The summed E-state index contributed by atoms with van der Waals surface area (Å²) in [7, 11) is -2.76. The molecule has 1 amide bonds. The Morgan fingerprint density at radius 1 is 1.12 bits per heavy atom. The van der Waals surface area contributed by atoms with Crippen molar-refractivity contribution < 1.29 is 22.9 Å². The molecule has 4 rings (SSSR count). The summed E-state index contributed by atoms with van der Waals surface area (Å²) >= 11 is 1.75. The molecule has 1 atom stereocenters. The van der Waals surface area contributed by atoms with Crippen LogP contribution in [0.25, 0.3) is 0 Å². The summed E-state index contributed by atoms with van der Waals surface area (Å²) in [5, 5.41) is 14.1. The van der Waals surface area contributed by atoms with E-state index in [9.17, 15) is 23.3 Å². The van der Waals surface area contributed by atoms with Gasteiger partial charge in [0.05, 0.1) is 28.7 Å². The molecule has 0 radical (unpaired) electrons. The zero-order valence-corrected chi connectivity index (χ0v) is 19.7. The first kappa shape index (κ1) is 23.6. The number of sulfonamides is 1. The maximum atomic E-state index is 12.8. The lowest BCUT2D eigenvalue weighted by atomic mass is 10.0. The number of ether oxygens (including phenoxy) is 1. The molecular formula is C23H21N3O6S2. The minimum absolute atomic E-state index is 0.0626. The van der Waals surface area contributed by atoms with Crippen LogP contribution < -0.4 is 14.8 Å². The molecule has 0 aliphatic carbocycles. The van der Waals surface area contributed by atoms with Crippen LogP contribution in [-0.4, -0.2) is 32.1 Å². The highest BCUT2D eigenvalue weighted by molar-refractivity contribution is 7.99. The van der Waals surface area contributed by atoms with Crippen molar-refractivity contribution in [2.75, 3.05) is 17.6 Å². The molecule has 0 saturated carbocycles. The van der Waals surface area contributed by atoms with Gasteiger partial charge < -0.3 is 10.1 Å². The topological polar surface area (TPSA) is 128 Å². The molecule has 11 heteroatoms. The fourth-order valence-corrected chi connectivity index (χ4v) is 5.80. The molecule has 3 aromatic rings. The first-order chi connectivity index (χ1) is 16.3. The van der Waals surface area contributed by atoms with Gasteiger partial charge in [-0.05, 0) is 48.4 Å². The van der Waals surface area contributed by atoms with Crippen molar-refractivity contribution >= 4 is 39.1 Å². The average Bonchev–Trinajstić information content (AvgIpc) is 2.84. The fourth-order valence-electron chi connectivity index (χ4n) is 3.61. The van der Waals surface area contributed by atoms with Gasteiger partial charge in [0.25, 0.3) is 21.6 Å². The molecule has 1 heterocycles. The van der Waals surface area contributed by atoms with E-state index >= 15 is 0 Å². The van der Waals surface area contributed by atoms with E-state index in [1.807, 2.05) is 24.3 Å². The second-order valence-corrected chi connectivity index (χ2v) is 10.3. The van der Waals surface area contributed by atoms with Gasteiger partial charge in [-0.1, -0.05) is 18.2 Å². The highest BCUT2D eigenvalue weighted by atomic mass is 32.2. The molecule has 0 spiro atoms. The van der Waals surface area contributed by atoms with Crippen molar-refractivity contribution in [2.45, 2.75) is 22.3 Å². The van der Waals surface area contributed by atoms with Crippen LogP contribution in [-0.2, 0) is 10.0 Å². The molecular weight excluding hydrogens is 478 g/mol. The van der Waals surface area contributed by atoms with Crippen LogP contribution in [0.2, 0.25) is 0 Å². The quantitative estimate of drug-likeness (QED) is 0.365. The van der Waals surface area contributed by atoms with Gasteiger partial charge in [-0.3, -0.25) is 19.6 Å². The molecule has 0 aromatic heterocycles. The summed E-state index contributed by atoms with van der Waals surface area (Å²) in [4.78, 5) is 24.3. The number of nitrogens with one attached hydrogen (secondary N) is 2. The van der Waals surface area contributed by atoms with E-state index < -0.39 is 14.9 Å². The Balaban J connectivity index is 1.51. The van der Waals surface area contributed by atoms with Crippen molar-refractivity contribution in [1.29, 1.82) is 0 Å². The van der Waals surface area contributed by atoms with E-state index in [2.05, 4.69) is 10.0 Å². The van der Waals surface area contributed by atoms with E-state index in [1.54, 1.807) is 11.8 Å². The maximum absolute atomic E-state index is 12.8. The number of fused-ring (bicyclic) bond motifs is 1. The molecule has 0 saturated heterocycles. The Bertz CT molecular complexity index is 1340. The van der Waals surface area contributed by atoms with Crippen LogP contribution >= 0.6 is 11.8 Å². The number of carbonyl (C=O) groups is 1. The number of methoxy groups -OCH3 is 1. The molecule has 34 heavy (non-hydrogen) atoms. The third-order valence-electron chi connectivity index (χ3n) is 5.33. The van der Waals surface area contributed by atoms with E-state index in [0.717, 1.165) is 28.7 Å². The second kappa shape index (κ2) is 9.74. The number of nitro benzene ring substituents is 1. The van der Waals surface area contributed by atoms with Gasteiger partial charge in [-0.2, -0.15) is 0 Å². The van der Waals surface area contributed by atoms with Gasteiger partial charge in [0.2, 0.25) is 0 Å². The zero-order valence-electron chi connectivity index (χ0n) is 18.1. The number of thioether (sulfide) groups is 1. The second-order valence-electron chi connectivity index (χ2n) is 7.47. The molecule has 0 fully saturated rings. The Kier molecular flexibility index (Phi) is 6.75. The average molecular weight is 500 g/mol. The van der Waals surface area contributed by atoms with Crippen molar-refractivity contribution in [3.63, 3.8) is 0 Å². The van der Waals surface area contributed by atoms with Gasteiger partial charge >= 0.3 is 0 Å². The fraction of sp³-hybridized carbons (Fsp3) is 0.174. The Labute approximate surface area is 200 Å². The Hall–Kier alpha value is -3.57. The van der Waals surface area contributed by atoms with E-state index in [0.29, 0.717) is 5.56 Å². The van der Waals surface area contributed by atoms with Gasteiger partial charge in [0, 0.05) is 28.3 Å². The van der Waals surface area contributed by atoms with Crippen LogP contribution in [0.15, 0.2) is 76.5 Å². The maximum Gasteiger partial charge on any atom is 0.271 e. The van der Waals surface area contributed by atoms with Crippen molar-refractivity contribution in [3.8, 4) is 5.75 Å². The van der Waals surface area contributed by atoms with Crippen molar-refractivity contribution in [1.82, 2.24) is 5.32 Å². The Morgan fingerprint density at radius 2 is 1.85 bits per heavy atom. The first-order valence-electron chi connectivity index (χ1n) is 10.3. The largest absolute Gasteiger partial charge is 0.495 e. The van der Waals surface area contributed by atoms with E-state index in [4.69, 9.17) is 4.74 Å². The van der Waals surface area contributed by atoms with Crippen LogP contribution in [0.5, 0.6) is 5.75 Å². The first-order valence-corrected chi connectivity index (χ1v) is 12.7. The molecule has 1 unspecified atom stereocenters. The number of nitrogens with zero attached hydrogens (tertiary/aromatic N) is 1. The lowest BCUT2D eigenvalue weighted by Crippen LogP contribution is -2.30. The predicted molar refractivity (Wildman–Crippen MR) is 129 cm³/mol. The minimum Gasteiger partial charge on any atom is -0.495 e. The number of nitro groups is 1.